The molecule has 94 valence electrons. The smallest absolute Gasteiger partial charge is 0.310 e. The molecule has 0 aromatic carbocycles. The first-order chi connectivity index (χ1) is 7.41. The molecule has 0 spiro atoms. The summed E-state index contributed by atoms with van der Waals surface area (Å²) in [6.45, 7) is 5.04. The second kappa shape index (κ2) is 6.48. The maximum absolute atomic E-state index is 11.6. The Bertz CT molecular complexity index is 248. The van der Waals surface area contributed by atoms with Gasteiger partial charge in [-0.2, -0.15) is 0 Å². The number of hydrogen-bond acceptors (Lipinski definition) is 3. The van der Waals surface area contributed by atoms with Gasteiger partial charge < -0.3 is 15.5 Å². The van der Waals surface area contributed by atoms with E-state index in [2.05, 4.69) is 5.32 Å². The molecule has 0 aliphatic carbocycles. The van der Waals surface area contributed by atoms with Crippen molar-refractivity contribution >= 4 is 11.9 Å². The standard InChI is InChI=1S/C11H21NO4/c1-4-11(5-2,10(15)16)6-9(14)12-8(3)7-13/h8,13H,4-7H2,1-3H3,(H,12,14)(H,15,16)/t8-/m0/s1. The molecule has 5 nitrogen and oxygen atoms in total. The van der Waals surface area contributed by atoms with Crippen molar-refractivity contribution in [1.29, 1.82) is 0 Å². The zero-order valence-electron chi connectivity index (χ0n) is 10.1. The van der Waals surface area contributed by atoms with E-state index in [9.17, 15) is 9.59 Å². The highest BCUT2D eigenvalue weighted by molar-refractivity contribution is 5.85. The van der Waals surface area contributed by atoms with Gasteiger partial charge in [0.2, 0.25) is 5.91 Å². The van der Waals surface area contributed by atoms with E-state index in [-0.39, 0.29) is 25.0 Å². The molecular formula is C11H21NO4. The molecule has 16 heavy (non-hydrogen) atoms. The van der Waals surface area contributed by atoms with Gasteiger partial charge >= 0.3 is 5.97 Å². The van der Waals surface area contributed by atoms with Crippen molar-refractivity contribution in [3.05, 3.63) is 0 Å². The van der Waals surface area contributed by atoms with Gasteiger partial charge in [0.15, 0.2) is 0 Å². The van der Waals surface area contributed by atoms with Crippen LogP contribution < -0.4 is 5.32 Å². The van der Waals surface area contributed by atoms with E-state index in [1.165, 1.54) is 0 Å². The van der Waals surface area contributed by atoms with Gasteiger partial charge in [0.05, 0.1) is 12.0 Å². The lowest BCUT2D eigenvalue weighted by Crippen LogP contribution is -2.41. The van der Waals surface area contributed by atoms with Crippen molar-refractivity contribution in [3.63, 3.8) is 0 Å². The van der Waals surface area contributed by atoms with Crippen LogP contribution in [-0.4, -0.2) is 34.7 Å². The number of carboxylic acids is 1. The van der Waals surface area contributed by atoms with Crippen LogP contribution in [0.2, 0.25) is 0 Å². The van der Waals surface area contributed by atoms with Crippen LogP contribution in [0.5, 0.6) is 0 Å². The van der Waals surface area contributed by atoms with Crippen LogP contribution in [0.15, 0.2) is 0 Å². The zero-order valence-corrected chi connectivity index (χ0v) is 10.1. The molecule has 5 heteroatoms. The summed E-state index contributed by atoms with van der Waals surface area (Å²) in [5, 5.41) is 20.5. The molecule has 3 N–H and O–H groups in total. The molecule has 0 aromatic heterocycles. The molecule has 0 saturated heterocycles. The van der Waals surface area contributed by atoms with Crippen LogP contribution in [0.3, 0.4) is 0 Å². The lowest BCUT2D eigenvalue weighted by Gasteiger charge is -2.26. The molecule has 0 heterocycles. The van der Waals surface area contributed by atoms with Crippen LogP contribution in [0, 0.1) is 5.41 Å². The number of amides is 1. The predicted octanol–water partition coefficient (Wildman–Crippen LogP) is 0.764. The molecule has 1 amide bonds. The van der Waals surface area contributed by atoms with Crippen LogP contribution in [0.4, 0.5) is 0 Å². The summed E-state index contributed by atoms with van der Waals surface area (Å²) in [5.74, 6) is -1.27. The number of hydrogen-bond donors (Lipinski definition) is 3. The normalized spacial score (nSPS) is 13.2. The van der Waals surface area contributed by atoms with Crippen molar-refractivity contribution in [2.75, 3.05) is 6.61 Å². The van der Waals surface area contributed by atoms with Crippen molar-refractivity contribution in [3.8, 4) is 0 Å². The SMILES string of the molecule is CCC(CC)(CC(=O)N[C@@H](C)CO)C(=O)O. The van der Waals surface area contributed by atoms with Gasteiger partial charge in [-0.05, 0) is 19.8 Å². The Kier molecular flexibility index (Phi) is 6.03. The van der Waals surface area contributed by atoms with Gasteiger partial charge in [0.25, 0.3) is 0 Å². The summed E-state index contributed by atoms with van der Waals surface area (Å²) in [6.07, 6.45) is 0.791. The van der Waals surface area contributed by atoms with Crippen molar-refractivity contribution in [2.45, 2.75) is 46.1 Å². The molecular weight excluding hydrogens is 210 g/mol. The van der Waals surface area contributed by atoms with E-state index in [0.29, 0.717) is 12.8 Å². The number of carboxylic acid groups (broad SMARTS) is 1. The van der Waals surface area contributed by atoms with Gasteiger partial charge in [0, 0.05) is 12.5 Å². The van der Waals surface area contributed by atoms with Crippen molar-refractivity contribution < 1.29 is 19.8 Å². The van der Waals surface area contributed by atoms with Crippen LogP contribution in [0.25, 0.3) is 0 Å². The number of rotatable bonds is 7. The second-order valence-corrected chi connectivity index (χ2v) is 4.12. The minimum Gasteiger partial charge on any atom is -0.481 e. The van der Waals surface area contributed by atoms with Gasteiger partial charge in [-0.25, -0.2) is 0 Å². The highest BCUT2D eigenvalue weighted by Gasteiger charge is 2.37. The Labute approximate surface area is 95.9 Å². The number of carbonyl (C=O) groups excluding carboxylic acids is 1. The Hall–Kier alpha value is -1.10. The largest absolute Gasteiger partial charge is 0.481 e. The number of aliphatic hydroxyl groups is 1. The number of nitrogens with one attached hydrogen (secondary N) is 1. The number of aliphatic hydroxyl groups excluding tert-OH is 1. The Morgan fingerprint density at radius 1 is 1.31 bits per heavy atom. The predicted molar refractivity (Wildman–Crippen MR) is 60.0 cm³/mol. The Morgan fingerprint density at radius 3 is 2.12 bits per heavy atom. The average Bonchev–Trinajstić information content (AvgIpc) is 2.25. The third-order valence-electron chi connectivity index (χ3n) is 2.99. The van der Waals surface area contributed by atoms with Crippen molar-refractivity contribution in [2.24, 2.45) is 5.41 Å². The highest BCUT2D eigenvalue weighted by atomic mass is 16.4. The molecule has 0 rings (SSSR count). The first kappa shape index (κ1) is 14.9. The summed E-state index contributed by atoms with van der Waals surface area (Å²) in [4.78, 5) is 22.7. The third-order valence-corrected chi connectivity index (χ3v) is 2.99. The van der Waals surface area contributed by atoms with Gasteiger partial charge in [-0.3, -0.25) is 9.59 Å². The summed E-state index contributed by atoms with van der Waals surface area (Å²) < 4.78 is 0. The van der Waals surface area contributed by atoms with Crippen molar-refractivity contribution in [1.82, 2.24) is 5.32 Å². The number of carbonyl (C=O) groups is 2. The summed E-state index contributed by atoms with van der Waals surface area (Å²) >= 11 is 0. The molecule has 0 aliphatic rings. The van der Waals surface area contributed by atoms with E-state index in [1.807, 2.05) is 0 Å². The minimum atomic E-state index is -0.987. The first-order valence-electron chi connectivity index (χ1n) is 5.55. The van der Waals surface area contributed by atoms with Gasteiger partial charge in [0.1, 0.15) is 0 Å². The number of aliphatic carboxylic acids is 1. The third kappa shape index (κ3) is 3.81. The molecule has 0 aromatic rings. The second-order valence-electron chi connectivity index (χ2n) is 4.12. The Balaban J connectivity index is 4.52. The van der Waals surface area contributed by atoms with E-state index >= 15 is 0 Å². The quantitative estimate of drug-likeness (QED) is 0.604. The van der Waals surface area contributed by atoms with E-state index in [0.717, 1.165) is 0 Å². The zero-order chi connectivity index (χ0) is 12.8. The molecule has 0 radical (unpaired) electrons. The molecule has 0 aliphatic heterocycles. The molecule has 0 bridgehead atoms. The van der Waals surface area contributed by atoms with Crippen LogP contribution in [-0.2, 0) is 9.59 Å². The van der Waals surface area contributed by atoms with Gasteiger partial charge in [-0.1, -0.05) is 13.8 Å². The maximum Gasteiger partial charge on any atom is 0.310 e. The highest BCUT2D eigenvalue weighted by Crippen LogP contribution is 2.30. The molecule has 0 saturated carbocycles. The van der Waals surface area contributed by atoms with Gasteiger partial charge in [-0.15, -0.1) is 0 Å². The van der Waals surface area contributed by atoms with E-state index in [4.69, 9.17) is 10.2 Å². The lowest BCUT2D eigenvalue weighted by atomic mass is 9.79. The molecule has 1 atom stereocenters. The van der Waals surface area contributed by atoms with Crippen LogP contribution >= 0.6 is 0 Å². The Morgan fingerprint density at radius 2 is 1.81 bits per heavy atom. The lowest BCUT2D eigenvalue weighted by molar-refractivity contribution is -0.152. The monoisotopic (exact) mass is 231 g/mol. The minimum absolute atomic E-state index is 0.0420. The summed E-state index contributed by atoms with van der Waals surface area (Å²) in [6, 6.07) is -0.340. The fraction of sp³-hybridized carbons (Fsp3) is 0.818. The summed E-state index contributed by atoms with van der Waals surface area (Å²) in [7, 11) is 0. The molecule has 0 unspecified atom stereocenters. The average molecular weight is 231 g/mol. The topological polar surface area (TPSA) is 86.6 Å². The molecule has 0 fully saturated rings. The van der Waals surface area contributed by atoms with E-state index < -0.39 is 11.4 Å². The summed E-state index contributed by atoms with van der Waals surface area (Å²) in [5.41, 5.74) is -0.987. The fourth-order valence-electron chi connectivity index (χ4n) is 1.56. The maximum atomic E-state index is 11.6. The fourth-order valence-corrected chi connectivity index (χ4v) is 1.56. The first-order valence-corrected chi connectivity index (χ1v) is 5.55. The van der Waals surface area contributed by atoms with Crippen LogP contribution in [0.1, 0.15) is 40.0 Å². The van der Waals surface area contributed by atoms with E-state index in [1.54, 1.807) is 20.8 Å².